The standard InChI is InChI=1S/C8H11NO/c1-2-4-7-5-3-6-8(10)9-7/h2-4,6-7H,5H2,1H3,(H,9,10)/b4-2+. The van der Waals surface area contributed by atoms with Gasteiger partial charge in [-0.15, -0.1) is 0 Å². The van der Waals surface area contributed by atoms with Gasteiger partial charge < -0.3 is 5.32 Å². The van der Waals surface area contributed by atoms with Gasteiger partial charge >= 0.3 is 0 Å². The van der Waals surface area contributed by atoms with Gasteiger partial charge in [0.1, 0.15) is 0 Å². The molecule has 0 saturated heterocycles. The van der Waals surface area contributed by atoms with Crippen molar-refractivity contribution in [2.24, 2.45) is 0 Å². The fraction of sp³-hybridized carbons (Fsp3) is 0.375. The van der Waals surface area contributed by atoms with Gasteiger partial charge in [0, 0.05) is 0 Å². The van der Waals surface area contributed by atoms with E-state index in [9.17, 15) is 4.79 Å². The molecule has 2 nitrogen and oxygen atoms in total. The number of hydrogen-bond acceptors (Lipinski definition) is 1. The van der Waals surface area contributed by atoms with Gasteiger partial charge in [-0.05, 0) is 19.4 Å². The zero-order valence-electron chi connectivity index (χ0n) is 6.00. The van der Waals surface area contributed by atoms with Crippen LogP contribution in [0.5, 0.6) is 0 Å². The third-order valence-electron chi connectivity index (χ3n) is 1.41. The number of carbonyl (C=O) groups excluding carboxylic acids is 1. The average Bonchev–Trinajstić information content (AvgIpc) is 1.88. The Hall–Kier alpha value is -1.05. The van der Waals surface area contributed by atoms with Crippen molar-refractivity contribution in [3.8, 4) is 0 Å². The van der Waals surface area contributed by atoms with Crippen molar-refractivity contribution in [3.05, 3.63) is 24.3 Å². The Morgan fingerprint density at radius 3 is 3.20 bits per heavy atom. The molecule has 10 heavy (non-hydrogen) atoms. The van der Waals surface area contributed by atoms with Crippen molar-refractivity contribution in [3.63, 3.8) is 0 Å². The van der Waals surface area contributed by atoms with Gasteiger partial charge in [-0.1, -0.05) is 18.2 Å². The van der Waals surface area contributed by atoms with Crippen molar-refractivity contribution in [2.45, 2.75) is 19.4 Å². The Morgan fingerprint density at radius 2 is 2.60 bits per heavy atom. The molecule has 54 valence electrons. The summed E-state index contributed by atoms with van der Waals surface area (Å²) < 4.78 is 0. The van der Waals surface area contributed by atoms with E-state index < -0.39 is 0 Å². The van der Waals surface area contributed by atoms with Crippen LogP contribution in [-0.4, -0.2) is 11.9 Å². The van der Waals surface area contributed by atoms with Crippen LogP contribution in [0.3, 0.4) is 0 Å². The molecule has 0 aromatic rings. The molecule has 1 aliphatic rings. The highest BCUT2D eigenvalue weighted by atomic mass is 16.1. The molecule has 0 spiro atoms. The van der Waals surface area contributed by atoms with Crippen LogP contribution in [0.15, 0.2) is 24.3 Å². The summed E-state index contributed by atoms with van der Waals surface area (Å²) in [5.41, 5.74) is 0. The first-order valence-electron chi connectivity index (χ1n) is 3.43. The Morgan fingerprint density at radius 1 is 1.80 bits per heavy atom. The van der Waals surface area contributed by atoms with E-state index in [2.05, 4.69) is 5.32 Å². The topological polar surface area (TPSA) is 29.1 Å². The van der Waals surface area contributed by atoms with Gasteiger partial charge in [0.05, 0.1) is 6.04 Å². The highest BCUT2D eigenvalue weighted by molar-refractivity contribution is 5.88. The first-order chi connectivity index (χ1) is 4.83. The monoisotopic (exact) mass is 137 g/mol. The van der Waals surface area contributed by atoms with E-state index in [0.717, 1.165) is 6.42 Å². The van der Waals surface area contributed by atoms with Gasteiger partial charge in [-0.25, -0.2) is 0 Å². The summed E-state index contributed by atoms with van der Waals surface area (Å²) in [4.78, 5) is 10.7. The van der Waals surface area contributed by atoms with Crippen LogP contribution in [0.25, 0.3) is 0 Å². The van der Waals surface area contributed by atoms with Crippen molar-refractivity contribution in [1.82, 2.24) is 5.32 Å². The molecule has 0 fully saturated rings. The van der Waals surface area contributed by atoms with Gasteiger partial charge in [0.15, 0.2) is 0 Å². The maximum Gasteiger partial charge on any atom is 0.244 e. The molecule has 0 aliphatic carbocycles. The van der Waals surface area contributed by atoms with Crippen LogP contribution >= 0.6 is 0 Å². The molecule has 1 heterocycles. The van der Waals surface area contributed by atoms with Crippen LogP contribution in [0.1, 0.15) is 13.3 Å². The quantitative estimate of drug-likeness (QED) is 0.537. The molecule has 1 atom stereocenters. The lowest BCUT2D eigenvalue weighted by atomic mass is 10.1. The Labute approximate surface area is 60.6 Å². The van der Waals surface area contributed by atoms with Crippen molar-refractivity contribution in [2.75, 3.05) is 0 Å². The summed E-state index contributed by atoms with van der Waals surface area (Å²) in [5, 5.41) is 2.80. The molecule has 1 rings (SSSR count). The summed E-state index contributed by atoms with van der Waals surface area (Å²) in [6.45, 7) is 1.95. The third-order valence-corrected chi connectivity index (χ3v) is 1.41. The molecule has 1 N–H and O–H groups in total. The van der Waals surface area contributed by atoms with E-state index in [4.69, 9.17) is 0 Å². The molecular formula is C8H11NO. The number of carbonyl (C=O) groups is 1. The molecule has 0 radical (unpaired) electrons. The number of rotatable bonds is 1. The van der Waals surface area contributed by atoms with Crippen LogP contribution in [0.4, 0.5) is 0 Å². The van der Waals surface area contributed by atoms with Crippen LogP contribution in [0, 0.1) is 0 Å². The number of allylic oxidation sites excluding steroid dienone is 1. The molecule has 0 saturated carbocycles. The lowest BCUT2D eigenvalue weighted by Gasteiger charge is -2.14. The zero-order valence-corrected chi connectivity index (χ0v) is 6.00. The molecular weight excluding hydrogens is 126 g/mol. The summed E-state index contributed by atoms with van der Waals surface area (Å²) in [6, 6.07) is 0.211. The summed E-state index contributed by atoms with van der Waals surface area (Å²) in [7, 11) is 0. The lowest BCUT2D eigenvalue weighted by Crippen LogP contribution is -2.34. The Kier molecular flexibility index (Phi) is 2.26. The zero-order chi connectivity index (χ0) is 7.40. The maximum absolute atomic E-state index is 10.7. The van der Waals surface area contributed by atoms with Gasteiger partial charge in [0.25, 0.3) is 0 Å². The Bertz CT molecular complexity index is 182. The van der Waals surface area contributed by atoms with Crippen LogP contribution < -0.4 is 5.32 Å². The molecule has 1 unspecified atom stereocenters. The summed E-state index contributed by atoms with van der Waals surface area (Å²) >= 11 is 0. The lowest BCUT2D eigenvalue weighted by molar-refractivity contribution is -0.117. The molecule has 2 heteroatoms. The molecule has 0 aromatic heterocycles. The molecule has 1 aliphatic heterocycles. The second-order valence-corrected chi connectivity index (χ2v) is 2.28. The van der Waals surface area contributed by atoms with Crippen LogP contribution in [0.2, 0.25) is 0 Å². The highest BCUT2D eigenvalue weighted by Crippen LogP contribution is 2.00. The molecule has 0 bridgehead atoms. The average molecular weight is 137 g/mol. The Balaban J connectivity index is 2.52. The van der Waals surface area contributed by atoms with E-state index in [-0.39, 0.29) is 11.9 Å². The predicted molar refractivity (Wildman–Crippen MR) is 40.5 cm³/mol. The van der Waals surface area contributed by atoms with Crippen molar-refractivity contribution in [1.29, 1.82) is 0 Å². The maximum atomic E-state index is 10.7. The van der Waals surface area contributed by atoms with E-state index in [0.29, 0.717) is 0 Å². The number of nitrogens with one attached hydrogen (secondary N) is 1. The van der Waals surface area contributed by atoms with Gasteiger partial charge in [-0.2, -0.15) is 0 Å². The normalized spacial score (nSPS) is 25.3. The first kappa shape index (κ1) is 7.06. The van der Waals surface area contributed by atoms with Gasteiger partial charge in [0.2, 0.25) is 5.91 Å². The summed E-state index contributed by atoms with van der Waals surface area (Å²) in [6.07, 6.45) is 8.31. The minimum absolute atomic E-state index is 0.00866. The highest BCUT2D eigenvalue weighted by Gasteiger charge is 2.08. The van der Waals surface area contributed by atoms with Crippen molar-refractivity contribution >= 4 is 5.91 Å². The first-order valence-corrected chi connectivity index (χ1v) is 3.43. The fourth-order valence-electron chi connectivity index (χ4n) is 0.970. The predicted octanol–water partition coefficient (Wildman–Crippen LogP) is 1.01. The number of hydrogen-bond donors (Lipinski definition) is 1. The van der Waals surface area contributed by atoms with E-state index >= 15 is 0 Å². The minimum Gasteiger partial charge on any atom is -0.346 e. The van der Waals surface area contributed by atoms with E-state index in [1.54, 1.807) is 6.08 Å². The minimum atomic E-state index is 0.00866. The van der Waals surface area contributed by atoms with Gasteiger partial charge in [-0.3, -0.25) is 4.79 Å². The van der Waals surface area contributed by atoms with E-state index in [1.807, 2.05) is 25.2 Å². The largest absolute Gasteiger partial charge is 0.346 e. The number of amides is 1. The molecule has 0 aromatic carbocycles. The second-order valence-electron chi connectivity index (χ2n) is 2.28. The third kappa shape index (κ3) is 1.72. The van der Waals surface area contributed by atoms with Crippen molar-refractivity contribution < 1.29 is 4.79 Å². The second kappa shape index (κ2) is 3.20. The van der Waals surface area contributed by atoms with E-state index in [1.165, 1.54) is 0 Å². The fourth-order valence-corrected chi connectivity index (χ4v) is 0.970. The molecule has 1 amide bonds. The summed E-state index contributed by atoms with van der Waals surface area (Å²) in [5.74, 6) is 0.00866. The SMILES string of the molecule is C/C=C/C1CC=CC(=O)N1. The van der Waals surface area contributed by atoms with Crippen LogP contribution in [-0.2, 0) is 4.79 Å². The smallest absolute Gasteiger partial charge is 0.244 e.